The summed E-state index contributed by atoms with van der Waals surface area (Å²) >= 11 is 0. The monoisotopic (exact) mass is 303 g/mol. The first-order valence-corrected chi connectivity index (χ1v) is 7.70. The van der Waals surface area contributed by atoms with E-state index in [1.165, 1.54) is 0 Å². The number of hydrogen-bond donors (Lipinski definition) is 2. The summed E-state index contributed by atoms with van der Waals surface area (Å²) in [6.45, 7) is 3.75. The van der Waals surface area contributed by atoms with Gasteiger partial charge in [-0.1, -0.05) is 0 Å². The highest BCUT2D eigenvalue weighted by Gasteiger charge is 2.25. The Bertz CT molecular complexity index is 554. The summed E-state index contributed by atoms with van der Waals surface area (Å²) < 4.78 is 5.35. The zero-order valence-electron chi connectivity index (χ0n) is 12.7. The van der Waals surface area contributed by atoms with E-state index in [0.717, 1.165) is 12.8 Å². The summed E-state index contributed by atoms with van der Waals surface area (Å²) in [4.78, 5) is 26.0. The van der Waals surface area contributed by atoms with Gasteiger partial charge in [-0.25, -0.2) is 4.79 Å². The molecule has 1 aliphatic carbocycles. The predicted octanol–water partition coefficient (Wildman–Crippen LogP) is 1.83. The minimum absolute atomic E-state index is 0.00443. The number of ether oxygens (including phenoxy) is 1. The number of nitrogens with zero attached hydrogens (tertiary/aromatic N) is 1. The minimum Gasteiger partial charge on any atom is -0.377 e. The lowest BCUT2D eigenvalue weighted by atomic mass is 10.1. The SMILES string of the molecule is CC1COCCN1C(=O)c1ccc(NC(=O)NC2CC2)cc1. The van der Waals surface area contributed by atoms with Crippen LogP contribution in [0.15, 0.2) is 24.3 Å². The number of urea groups is 1. The summed E-state index contributed by atoms with van der Waals surface area (Å²) in [6, 6.07) is 7.22. The highest BCUT2D eigenvalue weighted by molar-refractivity contribution is 5.95. The zero-order valence-corrected chi connectivity index (χ0v) is 12.7. The maximum atomic E-state index is 12.5. The third-order valence-electron chi connectivity index (χ3n) is 3.93. The second-order valence-electron chi connectivity index (χ2n) is 5.87. The molecule has 1 saturated carbocycles. The summed E-state index contributed by atoms with van der Waals surface area (Å²) in [5, 5.41) is 5.63. The molecule has 1 aromatic rings. The van der Waals surface area contributed by atoms with Gasteiger partial charge in [0.1, 0.15) is 0 Å². The smallest absolute Gasteiger partial charge is 0.319 e. The van der Waals surface area contributed by atoms with E-state index in [1.807, 2.05) is 11.8 Å². The van der Waals surface area contributed by atoms with Gasteiger partial charge in [0.15, 0.2) is 0 Å². The molecular formula is C16H21N3O3. The second-order valence-corrected chi connectivity index (χ2v) is 5.87. The lowest BCUT2D eigenvalue weighted by molar-refractivity contribution is 0.00359. The molecule has 3 rings (SSSR count). The third-order valence-corrected chi connectivity index (χ3v) is 3.93. The van der Waals surface area contributed by atoms with Crippen LogP contribution >= 0.6 is 0 Å². The van der Waals surface area contributed by atoms with Crippen molar-refractivity contribution >= 4 is 17.6 Å². The molecule has 0 aromatic heterocycles. The summed E-state index contributed by atoms with van der Waals surface area (Å²) in [5.41, 5.74) is 1.31. The number of anilines is 1. The van der Waals surface area contributed by atoms with Crippen molar-refractivity contribution in [2.45, 2.75) is 31.8 Å². The molecule has 1 heterocycles. The zero-order chi connectivity index (χ0) is 15.5. The van der Waals surface area contributed by atoms with Gasteiger partial charge < -0.3 is 20.3 Å². The maximum absolute atomic E-state index is 12.5. The van der Waals surface area contributed by atoms with Crippen molar-refractivity contribution in [1.82, 2.24) is 10.2 Å². The molecule has 22 heavy (non-hydrogen) atoms. The molecule has 1 aliphatic heterocycles. The highest BCUT2D eigenvalue weighted by atomic mass is 16.5. The van der Waals surface area contributed by atoms with E-state index in [4.69, 9.17) is 4.74 Å². The van der Waals surface area contributed by atoms with E-state index in [2.05, 4.69) is 10.6 Å². The molecule has 1 saturated heterocycles. The third kappa shape index (κ3) is 3.57. The van der Waals surface area contributed by atoms with Gasteiger partial charge in [0.25, 0.3) is 5.91 Å². The number of morpholine rings is 1. The Balaban J connectivity index is 1.60. The first kappa shape index (κ1) is 14.8. The maximum Gasteiger partial charge on any atom is 0.319 e. The van der Waals surface area contributed by atoms with Crippen LogP contribution < -0.4 is 10.6 Å². The Kier molecular flexibility index (Phi) is 4.29. The molecular weight excluding hydrogens is 282 g/mol. The van der Waals surface area contributed by atoms with Gasteiger partial charge in [0.05, 0.1) is 19.3 Å². The molecule has 2 N–H and O–H groups in total. The fourth-order valence-electron chi connectivity index (χ4n) is 2.47. The molecule has 0 bridgehead atoms. The predicted molar refractivity (Wildman–Crippen MR) is 82.9 cm³/mol. The number of benzene rings is 1. The molecule has 0 radical (unpaired) electrons. The van der Waals surface area contributed by atoms with Crippen LogP contribution in [0.1, 0.15) is 30.1 Å². The van der Waals surface area contributed by atoms with E-state index in [9.17, 15) is 9.59 Å². The molecule has 6 heteroatoms. The van der Waals surface area contributed by atoms with Crippen molar-refractivity contribution in [3.8, 4) is 0 Å². The van der Waals surface area contributed by atoms with Gasteiger partial charge in [-0.3, -0.25) is 4.79 Å². The van der Waals surface area contributed by atoms with Crippen LogP contribution in [-0.4, -0.2) is 48.7 Å². The fraction of sp³-hybridized carbons (Fsp3) is 0.500. The number of amides is 3. The first-order chi connectivity index (χ1) is 10.6. The van der Waals surface area contributed by atoms with Crippen molar-refractivity contribution in [3.63, 3.8) is 0 Å². The molecule has 2 fully saturated rings. The Morgan fingerprint density at radius 3 is 2.59 bits per heavy atom. The molecule has 1 aromatic carbocycles. The standard InChI is InChI=1S/C16H21N3O3/c1-11-10-22-9-8-19(11)15(20)12-2-4-13(5-3-12)17-16(21)18-14-6-7-14/h2-5,11,14H,6-10H2,1H3,(H2,17,18,21). The Morgan fingerprint density at radius 1 is 1.23 bits per heavy atom. The van der Waals surface area contributed by atoms with Crippen LogP contribution in [0.5, 0.6) is 0 Å². The molecule has 3 amide bonds. The van der Waals surface area contributed by atoms with E-state index in [1.54, 1.807) is 24.3 Å². The normalized spacial score (nSPS) is 21.3. The molecule has 1 unspecified atom stereocenters. The summed E-state index contributed by atoms with van der Waals surface area (Å²) in [6.07, 6.45) is 2.11. The average molecular weight is 303 g/mol. The minimum atomic E-state index is -0.191. The van der Waals surface area contributed by atoms with Gasteiger partial charge in [-0.2, -0.15) is 0 Å². The molecule has 2 aliphatic rings. The van der Waals surface area contributed by atoms with E-state index >= 15 is 0 Å². The first-order valence-electron chi connectivity index (χ1n) is 7.70. The van der Waals surface area contributed by atoms with Crippen molar-refractivity contribution in [2.75, 3.05) is 25.1 Å². The molecule has 1 atom stereocenters. The van der Waals surface area contributed by atoms with Gasteiger partial charge in [0, 0.05) is 23.8 Å². The lowest BCUT2D eigenvalue weighted by Gasteiger charge is -2.33. The number of carbonyl (C=O) groups is 2. The largest absolute Gasteiger partial charge is 0.377 e. The highest BCUT2D eigenvalue weighted by Crippen LogP contribution is 2.19. The summed E-state index contributed by atoms with van der Waals surface area (Å²) in [5.74, 6) is 0.00443. The number of carbonyl (C=O) groups excluding carboxylic acids is 2. The van der Waals surface area contributed by atoms with Crippen LogP contribution in [0.4, 0.5) is 10.5 Å². The van der Waals surface area contributed by atoms with Crippen molar-refractivity contribution < 1.29 is 14.3 Å². The molecule has 6 nitrogen and oxygen atoms in total. The van der Waals surface area contributed by atoms with Crippen molar-refractivity contribution in [2.24, 2.45) is 0 Å². The van der Waals surface area contributed by atoms with Gasteiger partial charge in [-0.05, 0) is 44.0 Å². The van der Waals surface area contributed by atoms with E-state index in [-0.39, 0.29) is 18.0 Å². The van der Waals surface area contributed by atoms with Crippen LogP contribution in [0, 0.1) is 0 Å². The van der Waals surface area contributed by atoms with Gasteiger partial charge in [0.2, 0.25) is 0 Å². The average Bonchev–Trinajstić information content (AvgIpc) is 3.31. The Labute approximate surface area is 129 Å². The summed E-state index contributed by atoms with van der Waals surface area (Å²) in [7, 11) is 0. The quantitative estimate of drug-likeness (QED) is 0.895. The van der Waals surface area contributed by atoms with Crippen molar-refractivity contribution in [3.05, 3.63) is 29.8 Å². The van der Waals surface area contributed by atoms with Crippen LogP contribution in [0.3, 0.4) is 0 Å². The molecule has 0 spiro atoms. The van der Waals surface area contributed by atoms with Gasteiger partial charge >= 0.3 is 6.03 Å². The van der Waals surface area contributed by atoms with Crippen LogP contribution in [0.25, 0.3) is 0 Å². The van der Waals surface area contributed by atoms with Crippen LogP contribution in [-0.2, 0) is 4.74 Å². The molecule has 118 valence electrons. The van der Waals surface area contributed by atoms with Crippen molar-refractivity contribution in [1.29, 1.82) is 0 Å². The Morgan fingerprint density at radius 2 is 1.95 bits per heavy atom. The lowest BCUT2D eigenvalue weighted by Crippen LogP contribution is -2.47. The number of rotatable bonds is 3. The number of nitrogens with one attached hydrogen (secondary N) is 2. The number of hydrogen-bond acceptors (Lipinski definition) is 3. The van der Waals surface area contributed by atoms with E-state index in [0.29, 0.717) is 37.1 Å². The van der Waals surface area contributed by atoms with Crippen LogP contribution in [0.2, 0.25) is 0 Å². The topological polar surface area (TPSA) is 70.7 Å². The fourth-order valence-corrected chi connectivity index (χ4v) is 2.47. The second kappa shape index (κ2) is 6.36. The Hall–Kier alpha value is -2.08. The van der Waals surface area contributed by atoms with E-state index < -0.39 is 0 Å². The van der Waals surface area contributed by atoms with Gasteiger partial charge in [-0.15, -0.1) is 0 Å².